The highest BCUT2D eigenvalue weighted by atomic mass is 35.5. The van der Waals surface area contributed by atoms with Crippen LogP contribution in [0.1, 0.15) is 4.88 Å². The number of hydrogen-bond donors (Lipinski definition) is 2. The zero-order valence-corrected chi connectivity index (χ0v) is 15.4. The third-order valence-electron chi connectivity index (χ3n) is 4.16. The fourth-order valence-electron chi connectivity index (χ4n) is 3.18. The Morgan fingerprint density at radius 1 is 1.30 bits per heavy atom. The van der Waals surface area contributed by atoms with Gasteiger partial charge in [-0.05, 0) is 6.07 Å². The second-order valence-electron chi connectivity index (χ2n) is 5.36. The summed E-state index contributed by atoms with van der Waals surface area (Å²) in [6.45, 7) is 1.77. The van der Waals surface area contributed by atoms with Gasteiger partial charge in [0.05, 0.1) is 11.0 Å². The molecule has 3 unspecified atom stereocenters. The van der Waals surface area contributed by atoms with Crippen LogP contribution in [0.3, 0.4) is 0 Å². The monoisotopic (exact) mass is 392 g/mol. The number of thioether (sulfide) groups is 1. The summed E-state index contributed by atoms with van der Waals surface area (Å²) in [7, 11) is 0. The summed E-state index contributed by atoms with van der Waals surface area (Å²) in [4.78, 5) is 16.5. The van der Waals surface area contributed by atoms with E-state index in [-0.39, 0.29) is 35.9 Å². The van der Waals surface area contributed by atoms with E-state index in [1.807, 2.05) is 17.8 Å². The first-order valence-electron chi connectivity index (χ1n) is 6.84. The molecule has 0 bridgehead atoms. The van der Waals surface area contributed by atoms with Gasteiger partial charge in [0.15, 0.2) is 0 Å². The average molecular weight is 393 g/mol. The van der Waals surface area contributed by atoms with Gasteiger partial charge in [0, 0.05) is 48.2 Å². The van der Waals surface area contributed by atoms with Crippen LogP contribution >= 0.6 is 47.9 Å². The summed E-state index contributed by atoms with van der Waals surface area (Å²) in [5, 5.41) is 3.61. The number of nitrogens with two attached hydrogens (primary N) is 1. The predicted octanol–water partition coefficient (Wildman–Crippen LogP) is 1.69. The van der Waals surface area contributed by atoms with Crippen molar-refractivity contribution in [2.24, 2.45) is 11.7 Å². The van der Waals surface area contributed by atoms with Crippen molar-refractivity contribution < 1.29 is 0 Å². The van der Waals surface area contributed by atoms with Crippen molar-refractivity contribution in [3.63, 3.8) is 0 Å². The van der Waals surface area contributed by atoms with Crippen molar-refractivity contribution in [3.8, 4) is 0 Å². The number of nitrogens with one attached hydrogen (secondary N) is 1. The van der Waals surface area contributed by atoms with E-state index in [4.69, 9.17) is 5.73 Å². The lowest BCUT2D eigenvalue weighted by molar-refractivity contribution is 0.279. The maximum absolute atomic E-state index is 6.15. The molecule has 2 aromatic rings. The maximum atomic E-state index is 6.15. The number of fused-ring (bicyclic) bond motifs is 1. The third-order valence-corrected chi connectivity index (χ3v) is 6.18. The van der Waals surface area contributed by atoms with Gasteiger partial charge < -0.3 is 10.6 Å². The first-order valence-corrected chi connectivity index (χ1v) is 8.76. The van der Waals surface area contributed by atoms with Gasteiger partial charge in [-0.25, -0.2) is 9.97 Å². The molecular weight excluding hydrogens is 375 g/mol. The summed E-state index contributed by atoms with van der Waals surface area (Å²) in [6.07, 6.45) is 5.54. The Kier molecular flexibility index (Phi) is 6.10. The Labute approximate surface area is 155 Å². The van der Waals surface area contributed by atoms with Crippen molar-refractivity contribution in [2.75, 3.05) is 23.7 Å². The molecule has 3 atom stereocenters. The van der Waals surface area contributed by atoms with Crippen LogP contribution < -0.4 is 16.0 Å². The summed E-state index contributed by atoms with van der Waals surface area (Å²) in [5.74, 6) is 2.30. The molecule has 126 valence electrons. The van der Waals surface area contributed by atoms with E-state index in [9.17, 15) is 0 Å². The van der Waals surface area contributed by atoms with Crippen LogP contribution in [0.4, 0.5) is 5.95 Å². The van der Waals surface area contributed by atoms with Gasteiger partial charge in [-0.1, -0.05) is 0 Å². The van der Waals surface area contributed by atoms with Crippen LogP contribution in [0.5, 0.6) is 0 Å². The molecule has 0 aliphatic carbocycles. The molecule has 0 aromatic carbocycles. The third kappa shape index (κ3) is 3.29. The minimum Gasteiger partial charge on any atom is -0.338 e. The Morgan fingerprint density at radius 3 is 2.78 bits per heavy atom. The Hall–Kier alpha value is -0.640. The normalized spacial score (nSPS) is 29.3. The van der Waals surface area contributed by atoms with E-state index in [1.54, 1.807) is 35.5 Å². The minimum atomic E-state index is -0.134. The first kappa shape index (κ1) is 18.7. The van der Waals surface area contributed by atoms with E-state index >= 15 is 0 Å². The number of aromatic nitrogens is 3. The quantitative estimate of drug-likeness (QED) is 0.804. The minimum absolute atomic E-state index is 0. The SMILES string of the molecule is Cl.Cl.NC1NC2(c3cncs3)CN(c3ncccn3)CC2CS1. The molecule has 6 nitrogen and oxygen atoms in total. The maximum Gasteiger partial charge on any atom is 0.225 e. The predicted molar refractivity (Wildman–Crippen MR) is 99.6 cm³/mol. The molecule has 23 heavy (non-hydrogen) atoms. The lowest BCUT2D eigenvalue weighted by Gasteiger charge is -2.41. The highest BCUT2D eigenvalue weighted by Crippen LogP contribution is 2.44. The van der Waals surface area contributed by atoms with Crippen molar-refractivity contribution >= 4 is 53.9 Å². The number of rotatable bonds is 2. The second kappa shape index (κ2) is 7.50. The molecule has 0 amide bonds. The van der Waals surface area contributed by atoms with Crippen LogP contribution in [-0.2, 0) is 5.54 Å². The molecule has 2 aromatic heterocycles. The standard InChI is InChI=1S/C13H16N6S2.2ClH/c14-11-18-13(10-4-15-8-21-10)7-19(5-9(13)6-20-11)12-16-2-1-3-17-12;;/h1-4,8-9,11,18H,5-7,14H2;2*1H. The highest BCUT2D eigenvalue weighted by Gasteiger charge is 2.52. The molecule has 2 aliphatic rings. The number of hydrogen-bond acceptors (Lipinski definition) is 8. The van der Waals surface area contributed by atoms with Crippen molar-refractivity contribution in [2.45, 2.75) is 11.0 Å². The Balaban J connectivity index is 0.000000960. The molecule has 0 saturated carbocycles. The molecule has 2 saturated heterocycles. The zero-order valence-electron chi connectivity index (χ0n) is 12.2. The van der Waals surface area contributed by atoms with Crippen LogP contribution in [0.15, 0.2) is 30.2 Å². The average Bonchev–Trinajstić information content (AvgIpc) is 3.15. The summed E-state index contributed by atoms with van der Waals surface area (Å²) >= 11 is 3.46. The van der Waals surface area contributed by atoms with Crippen molar-refractivity contribution in [1.82, 2.24) is 20.3 Å². The van der Waals surface area contributed by atoms with Crippen molar-refractivity contribution in [1.29, 1.82) is 0 Å². The molecule has 2 aliphatic heterocycles. The van der Waals surface area contributed by atoms with E-state index in [1.165, 1.54) is 4.88 Å². The molecule has 10 heteroatoms. The number of thiazole rings is 1. The van der Waals surface area contributed by atoms with Crippen LogP contribution in [-0.4, -0.2) is 39.3 Å². The molecule has 0 spiro atoms. The molecule has 3 N–H and O–H groups in total. The lowest BCUT2D eigenvalue weighted by atomic mass is 9.87. The van der Waals surface area contributed by atoms with E-state index in [0.29, 0.717) is 5.92 Å². The number of nitrogens with zero attached hydrogens (tertiary/aromatic N) is 4. The highest BCUT2D eigenvalue weighted by molar-refractivity contribution is 7.99. The van der Waals surface area contributed by atoms with E-state index in [2.05, 4.69) is 25.2 Å². The molecular formula is C13H18Cl2N6S2. The molecule has 4 heterocycles. The van der Waals surface area contributed by atoms with Crippen LogP contribution in [0.2, 0.25) is 0 Å². The topological polar surface area (TPSA) is 80.0 Å². The van der Waals surface area contributed by atoms with Crippen molar-refractivity contribution in [3.05, 3.63) is 35.0 Å². The van der Waals surface area contributed by atoms with Gasteiger partial charge in [-0.15, -0.1) is 47.9 Å². The summed E-state index contributed by atoms with van der Waals surface area (Å²) in [6, 6.07) is 1.84. The molecule has 4 rings (SSSR count). The first-order chi connectivity index (χ1) is 10.3. The fraction of sp³-hybridized carbons (Fsp3) is 0.462. The number of anilines is 1. The van der Waals surface area contributed by atoms with Crippen LogP contribution in [0, 0.1) is 5.92 Å². The number of halogens is 2. The second-order valence-corrected chi connectivity index (χ2v) is 7.42. The van der Waals surface area contributed by atoms with Crippen LogP contribution in [0.25, 0.3) is 0 Å². The van der Waals surface area contributed by atoms with Gasteiger partial charge in [0.1, 0.15) is 5.50 Å². The van der Waals surface area contributed by atoms with Gasteiger partial charge in [-0.3, -0.25) is 10.3 Å². The molecule has 2 fully saturated rings. The zero-order chi connectivity index (χ0) is 14.3. The largest absolute Gasteiger partial charge is 0.338 e. The van der Waals surface area contributed by atoms with E-state index < -0.39 is 0 Å². The van der Waals surface area contributed by atoms with Gasteiger partial charge >= 0.3 is 0 Å². The van der Waals surface area contributed by atoms with Gasteiger partial charge in [0.25, 0.3) is 0 Å². The lowest BCUT2D eigenvalue weighted by Crippen LogP contribution is -2.58. The van der Waals surface area contributed by atoms with Gasteiger partial charge in [-0.2, -0.15) is 0 Å². The Bertz CT molecular complexity index is 616. The fourth-order valence-corrected chi connectivity index (χ4v) is 5.16. The molecule has 0 radical (unpaired) electrons. The Morgan fingerprint density at radius 2 is 2.09 bits per heavy atom. The van der Waals surface area contributed by atoms with Gasteiger partial charge in [0.2, 0.25) is 5.95 Å². The summed E-state index contributed by atoms with van der Waals surface area (Å²) < 4.78 is 0. The van der Waals surface area contributed by atoms with E-state index in [0.717, 1.165) is 24.8 Å². The smallest absolute Gasteiger partial charge is 0.225 e. The summed E-state index contributed by atoms with van der Waals surface area (Å²) in [5.41, 5.74) is 7.86.